The summed E-state index contributed by atoms with van der Waals surface area (Å²) in [6.07, 6.45) is 1.65. The molecule has 202 valence electrons. The Morgan fingerprint density at radius 3 is 2.66 bits per heavy atom. The Labute approximate surface area is 230 Å². The number of thiophene rings is 1. The molecule has 1 saturated heterocycles. The highest BCUT2D eigenvalue weighted by atomic mass is 32.2. The fourth-order valence-electron chi connectivity index (χ4n) is 4.66. The maximum Gasteiger partial charge on any atom is 0.409 e. The van der Waals surface area contributed by atoms with Crippen LogP contribution in [0.4, 0.5) is 10.5 Å². The fourth-order valence-corrected chi connectivity index (χ4v) is 8.34. The third kappa shape index (κ3) is 5.31. The van der Waals surface area contributed by atoms with Gasteiger partial charge in [-0.1, -0.05) is 18.2 Å². The molecule has 0 radical (unpaired) electrons. The number of aromatic amines is 1. The first kappa shape index (κ1) is 26.7. The second kappa shape index (κ2) is 11.0. The molecular weight excluding hydrogens is 543 g/mol. The van der Waals surface area contributed by atoms with Gasteiger partial charge in [-0.25, -0.2) is 18.2 Å². The number of hydrogen-bond donors (Lipinski definition) is 1. The Balaban J connectivity index is 1.36. The smallest absolute Gasteiger partial charge is 0.409 e. The first-order chi connectivity index (χ1) is 18.3. The van der Waals surface area contributed by atoms with Gasteiger partial charge in [-0.2, -0.15) is 0 Å². The van der Waals surface area contributed by atoms with Crippen LogP contribution < -0.4 is 4.31 Å². The van der Waals surface area contributed by atoms with Gasteiger partial charge in [-0.15, -0.1) is 22.7 Å². The number of ether oxygens (including phenoxy) is 1. The lowest BCUT2D eigenvalue weighted by atomic mass is 10.2. The number of carbonyl (C=O) groups excluding carboxylic acids is 1. The van der Waals surface area contributed by atoms with Crippen LogP contribution in [0.5, 0.6) is 0 Å². The van der Waals surface area contributed by atoms with E-state index in [1.54, 1.807) is 33.7 Å². The molecule has 4 aromatic rings. The standard InChI is InChI=1S/C26H31N5O4S3/c1-4-35-26(32)30-12-10-29(11-13-30)17-20-16-27-25(37-20)21-15-19-7-5-8-22(24(19)28-21)31(18(2)3)38(33,34)23-9-6-14-36-23/h5-9,14-16,18,28H,4,10-13,17H2,1-3H3. The SMILES string of the molecule is CCOC(=O)N1CCN(Cc2cnc(-c3cc4cccc(N(C(C)C)S(=O)(=O)c5cccs5)c4[nH]3)s2)CC1. The monoisotopic (exact) mass is 573 g/mol. The third-order valence-electron chi connectivity index (χ3n) is 6.41. The maximum atomic E-state index is 13.5. The van der Waals surface area contributed by atoms with Gasteiger partial charge in [0.1, 0.15) is 9.22 Å². The molecule has 4 heterocycles. The van der Waals surface area contributed by atoms with Crippen LogP contribution in [0.3, 0.4) is 0 Å². The number of nitrogens with zero attached hydrogens (tertiary/aromatic N) is 4. The molecular formula is C26H31N5O4S3. The summed E-state index contributed by atoms with van der Waals surface area (Å²) in [5, 5.41) is 3.56. The van der Waals surface area contributed by atoms with E-state index in [-0.39, 0.29) is 12.1 Å². The van der Waals surface area contributed by atoms with Crippen molar-refractivity contribution < 1.29 is 17.9 Å². The Kier molecular flexibility index (Phi) is 7.75. The third-order valence-corrected chi connectivity index (χ3v) is 10.8. The first-order valence-corrected chi connectivity index (χ1v) is 15.7. The topological polar surface area (TPSA) is 98.8 Å². The lowest BCUT2D eigenvalue weighted by Gasteiger charge is -2.33. The molecule has 0 atom stereocenters. The molecule has 0 aliphatic carbocycles. The molecule has 0 spiro atoms. The number of hydrogen-bond acceptors (Lipinski definition) is 8. The summed E-state index contributed by atoms with van der Waals surface area (Å²) in [5.41, 5.74) is 2.24. The van der Waals surface area contributed by atoms with Crippen LogP contribution in [0.1, 0.15) is 25.6 Å². The van der Waals surface area contributed by atoms with Crippen molar-refractivity contribution >= 4 is 55.4 Å². The summed E-state index contributed by atoms with van der Waals surface area (Å²) in [5.74, 6) is 0. The van der Waals surface area contributed by atoms with Crippen LogP contribution in [0.2, 0.25) is 0 Å². The predicted molar refractivity (Wildman–Crippen MR) is 152 cm³/mol. The van der Waals surface area contributed by atoms with E-state index < -0.39 is 10.0 Å². The van der Waals surface area contributed by atoms with Gasteiger partial charge in [0.25, 0.3) is 10.0 Å². The van der Waals surface area contributed by atoms with E-state index in [0.717, 1.165) is 46.1 Å². The summed E-state index contributed by atoms with van der Waals surface area (Å²) in [6.45, 7) is 9.60. The first-order valence-electron chi connectivity index (χ1n) is 12.6. The number of benzene rings is 1. The minimum atomic E-state index is -3.70. The van der Waals surface area contributed by atoms with E-state index in [0.29, 0.717) is 29.6 Å². The number of thiazole rings is 1. The van der Waals surface area contributed by atoms with Crippen molar-refractivity contribution in [2.75, 3.05) is 37.1 Å². The number of aromatic nitrogens is 2. The van der Waals surface area contributed by atoms with E-state index >= 15 is 0 Å². The zero-order chi connectivity index (χ0) is 26.9. The lowest BCUT2D eigenvalue weighted by Crippen LogP contribution is -2.48. The molecule has 5 rings (SSSR count). The van der Waals surface area contributed by atoms with E-state index in [4.69, 9.17) is 4.74 Å². The van der Waals surface area contributed by atoms with Gasteiger partial charge < -0.3 is 14.6 Å². The van der Waals surface area contributed by atoms with Gasteiger partial charge >= 0.3 is 6.09 Å². The number of H-pyrrole nitrogens is 1. The Morgan fingerprint density at radius 2 is 1.97 bits per heavy atom. The number of rotatable bonds is 8. The molecule has 38 heavy (non-hydrogen) atoms. The molecule has 12 heteroatoms. The molecule has 1 fully saturated rings. The average molecular weight is 574 g/mol. The normalized spacial score (nSPS) is 14.9. The van der Waals surface area contributed by atoms with Crippen LogP contribution in [-0.4, -0.2) is 73.1 Å². The minimum Gasteiger partial charge on any atom is -0.450 e. The van der Waals surface area contributed by atoms with Gasteiger partial charge in [0, 0.05) is 55.2 Å². The Morgan fingerprint density at radius 1 is 1.18 bits per heavy atom. The molecule has 0 unspecified atom stereocenters. The van der Waals surface area contributed by atoms with Crippen LogP contribution in [0, 0.1) is 0 Å². The number of piperazine rings is 1. The zero-order valence-electron chi connectivity index (χ0n) is 21.6. The van der Waals surface area contributed by atoms with Crippen molar-refractivity contribution in [3.05, 3.63) is 52.9 Å². The van der Waals surface area contributed by atoms with Crippen molar-refractivity contribution in [1.82, 2.24) is 19.8 Å². The van der Waals surface area contributed by atoms with E-state index in [1.165, 1.54) is 15.6 Å². The Hall–Kier alpha value is -2.93. The largest absolute Gasteiger partial charge is 0.450 e. The zero-order valence-corrected chi connectivity index (χ0v) is 24.0. The van der Waals surface area contributed by atoms with Crippen molar-refractivity contribution in [3.8, 4) is 10.7 Å². The summed E-state index contributed by atoms with van der Waals surface area (Å²) in [6, 6.07) is 10.9. The van der Waals surface area contributed by atoms with Gasteiger partial charge in [-0.05, 0) is 44.4 Å². The molecule has 1 aliphatic heterocycles. The molecule has 3 aromatic heterocycles. The number of nitrogens with one attached hydrogen (secondary N) is 1. The van der Waals surface area contributed by atoms with Crippen LogP contribution >= 0.6 is 22.7 Å². The van der Waals surface area contributed by atoms with E-state index in [2.05, 4.69) is 14.9 Å². The van der Waals surface area contributed by atoms with Gasteiger partial charge in [0.15, 0.2) is 0 Å². The van der Waals surface area contributed by atoms with Crippen molar-refractivity contribution in [2.45, 2.75) is 37.6 Å². The Bertz CT molecular complexity index is 1500. The molecule has 1 aromatic carbocycles. The van der Waals surface area contributed by atoms with Crippen molar-refractivity contribution in [2.24, 2.45) is 0 Å². The highest BCUT2D eigenvalue weighted by Crippen LogP contribution is 2.36. The minimum absolute atomic E-state index is 0.246. The van der Waals surface area contributed by atoms with Crippen LogP contribution in [0.25, 0.3) is 21.6 Å². The fraction of sp³-hybridized carbons (Fsp3) is 0.385. The molecule has 1 N–H and O–H groups in total. The second-order valence-electron chi connectivity index (χ2n) is 9.34. The van der Waals surface area contributed by atoms with Crippen LogP contribution in [0.15, 0.2) is 52.2 Å². The maximum absolute atomic E-state index is 13.5. The number of fused-ring (bicyclic) bond motifs is 1. The number of sulfonamides is 1. The van der Waals surface area contributed by atoms with Gasteiger partial charge in [0.05, 0.1) is 23.5 Å². The van der Waals surface area contributed by atoms with Gasteiger partial charge in [0.2, 0.25) is 0 Å². The number of para-hydroxylation sites is 1. The van der Waals surface area contributed by atoms with Crippen LogP contribution in [-0.2, 0) is 21.3 Å². The van der Waals surface area contributed by atoms with E-state index in [9.17, 15) is 13.2 Å². The average Bonchev–Trinajstić information content (AvgIpc) is 3.65. The number of carbonyl (C=O) groups is 1. The van der Waals surface area contributed by atoms with Gasteiger partial charge in [-0.3, -0.25) is 9.21 Å². The second-order valence-corrected chi connectivity index (χ2v) is 13.4. The number of anilines is 1. The molecule has 1 amide bonds. The molecule has 0 saturated carbocycles. The molecule has 9 nitrogen and oxygen atoms in total. The van der Waals surface area contributed by atoms with Crippen molar-refractivity contribution in [1.29, 1.82) is 0 Å². The highest BCUT2D eigenvalue weighted by molar-refractivity contribution is 7.94. The van der Waals surface area contributed by atoms with Crippen molar-refractivity contribution in [3.63, 3.8) is 0 Å². The summed E-state index contributed by atoms with van der Waals surface area (Å²) in [7, 11) is -3.70. The summed E-state index contributed by atoms with van der Waals surface area (Å²) in [4.78, 5) is 25.3. The van der Waals surface area contributed by atoms with E-state index in [1.807, 2.05) is 51.2 Å². The lowest BCUT2D eigenvalue weighted by molar-refractivity contribution is 0.0781. The summed E-state index contributed by atoms with van der Waals surface area (Å²) < 4.78 is 34.0. The quantitative estimate of drug-likeness (QED) is 0.310. The summed E-state index contributed by atoms with van der Waals surface area (Å²) >= 11 is 2.84. The number of amides is 1. The predicted octanol–water partition coefficient (Wildman–Crippen LogP) is 5.23. The molecule has 0 bridgehead atoms. The highest BCUT2D eigenvalue weighted by Gasteiger charge is 2.30. The molecule has 1 aliphatic rings.